The van der Waals surface area contributed by atoms with E-state index in [4.69, 9.17) is 21.1 Å². The van der Waals surface area contributed by atoms with Crippen LogP contribution in [-0.2, 0) is 14.3 Å². The fraction of sp³-hybridized carbons (Fsp3) is 0.526. The number of hydrogen-bond donors (Lipinski definition) is 1. The molecule has 1 aliphatic carbocycles. The van der Waals surface area contributed by atoms with Gasteiger partial charge in [0.15, 0.2) is 5.79 Å². The summed E-state index contributed by atoms with van der Waals surface area (Å²) >= 11 is 6.09. The van der Waals surface area contributed by atoms with E-state index < -0.39 is 11.3 Å². The second-order valence-corrected chi connectivity index (χ2v) is 7.70. The maximum Gasteiger partial charge on any atom is 1.00 e. The van der Waals surface area contributed by atoms with Crippen molar-refractivity contribution in [3.05, 3.63) is 39.6 Å². The molecule has 0 unspecified atom stereocenters. The molecular formula is C19H21ClNNaO4. The molecule has 26 heavy (non-hydrogen) atoms. The molecule has 1 aromatic carbocycles. The first-order chi connectivity index (χ1) is 11.9. The predicted molar refractivity (Wildman–Crippen MR) is 91.8 cm³/mol. The van der Waals surface area contributed by atoms with Gasteiger partial charge in [0, 0.05) is 23.4 Å². The molecule has 2 fully saturated rings. The van der Waals surface area contributed by atoms with Gasteiger partial charge in [0.1, 0.15) is 0 Å². The summed E-state index contributed by atoms with van der Waals surface area (Å²) < 4.78 is 11.5. The van der Waals surface area contributed by atoms with E-state index in [0.717, 1.165) is 11.1 Å². The molecule has 1 saturated heterocycles. The molecule has 7 heteroatoms. The van der Waals surface area contributed by atoms with Crippen LogP contribution in [0.1, 0.15) is 42.4 Å². The Hall–Kier alpha value is -0.560. The van der Waals surface area contributed by atoms with Gasteiger partial charge in [-0.15, -0.1) is 0 Å². The van der Waals surface area contributed by atoms with E-state index in [-0.39, 0.29) is 46.8 Å². The Morgan fingerprint density at radius 3 is 2.15 bits per heavy atom. The van der Waals surface area contributed by atoms with Gasteiger partial charge in [0.2, 0.25) is 0 Å². The van der Waals surface area contributed by atoms with E-state index in [1.54, 1.807) is 12.1 Å². The summed E-state index contributed by atoms with van der Waals surface area (Å²) in [5.41, 5.74) is 1.82. The van der Waals surface area contributed by atoms with Crippen LogP contribution in [-0.4, -0.2) is 30.4 Å². The first kappa shape index (κ1) is 20.2. The maximum absolute atomic E-state index is 13.3. The van der Waals surface area contributed by atoms with Crippen LogP contribution in [0.4, 0.5) is 0 Å². The zero-order valence-electron chi connectivity index (χ0n) is 15.4. The number of halogens is 1. The summed E-state index contributed by atoms with van der Waals surface area (Å²) in [5, 5.41) is 16.8. The van der Waals surface area contributed by atoms with Crippen LogP contribution in [0, 0.1) is 13.8 Å². The third kappa shape index (κ3) is 3.13. The Balaban J connectivity index is 0.00000196. The molecule has 3 aliphatic rings. The largest absolute Gasteiger partial charge is 1.00 e. The summed E-state index contributed by atoms with van der Waals surface area (Å²) in [6.07, 6.45) is 2.30. The first-order valence-electron chi connectivity index (χ1n) is 8.65. The molecule has 1 N–H and O–H groups in total. The van der Waals surface area contributed by atoms with Crippen molar-refractivity contribution in [3.63, 3.8) is 0 Å². The number of carbonyl (C=O) groups is 1. The number of amides is 1. The van der Waals surface area contributed by atoms with Crippen LogP contribution < -0.4 is 40.0 Å². The van der Waals surface area contributed by atoms with Crippen molar-refractivity contribution in [2.75, 3.05) is 13.2 Å². The smallest absolute Gasteiger partial charge is 0.873 e. The molecule has 1 amide bonds. The average Bonchev–Trinajstić information content (AvgIpc) is 3.09. The summed E-state index contributed by atoms with van der Waals surface area (Å²) in [5.74, 6) is -0.966. The molecule has 0 radical (unpaired) electrons. The van der Waals surface area contributed by atoms with Gasteiger partial charge in [-0.2, -0.15) is 0 Å². The van der Waals surface area contributed by atoms with Crippen molar-refractivity contribution in [1.29, 1.82) is 0 Å². The standard InChI is InChI=1S/C19H22ClNO4.Na/c1-11-9-13(20)10-12(2)14(11)15-16(22)18(21-17(15)23)3-5-19(6-4-18)24-7-8-25-19;/h9-10,22H,3-8H2,1-2H3,(H,21,23);/q;+1/p-1. The molecule has 2 heterocycles. The number of carbonyl (C=O) groups excluding carboxylic acids is 1. The minimum Gasteiger partial charge on any atom is -0.873 e. The predicted octanol–water partition coefficient (Wildman–Crippen LogP) is -0.782. The van der Waals surface area contributed by atoms with Gasteiger partial charge in [-0.25, -0.2) is 0 Å². The summed E-state index contributed by atoms with van der Waals surface area (Å²) in [7, 11) is 0. The van der Waals surface area contributed by atoms with Crippen molar-refractivity contribution in [3.8, 4) is 0 Å². The molecule has 0 atom stereocenters. The molecule has 2 aliphatic heterocycles. The van der Waals surface area contributed by atoms with Crippen molar-refractivity contribution >= 4 is 23.1 Å². The Bertz CT molecular complexity index is 753. The van der Waals surface area contributed by atoms with Crippen molar-refractivity contribution < 1.29 is 48.9 Å². The van der Waals surface area contributed by atoms with E-state index in [9.17, 15) is 9.90 Å². The molecule has 0 aromatic heterocycles. The van der Waals surface area contributed by atoms with Crippen molar-refractivity contribution in [2.45, 2.75) is 50.9 Å². The zero-order chi connectivity index (χ0) is 17.8. The average molecular weight is 386 g/mol. The summed E-state index contributed by atoms with van der Waals surface area (Å²) in [6.45, 7) is 4.94. The Morgan fingerprint density at radius 2 is 1.62 bits per heavy atom. The van der Waals surface area contributed by atoms with E-state index in [2.05, 4.69) is 5.32 Å². The number of nitrogens with one attached hydrogen (secondary N) is 1. The number of ether oxygens (including phenoxy) is 2. The van der Waals surface area contributed by atoms with E-state index in [1.807, 2.05) is 13.8 Å². The zero-order valence-corrected chi connectivity index (χ0v) is 18.2. The third-order valence-corrected chi connectivity index (χ3v) is 5.89. The quantitative estimate of drug-likeness (QED) is 0.644. The maximum atomic E-state index is 13.3. The monoisotopic (exact) mass is 385 g/mol. The summed E-state index contributed by atoms with van der Waals surface area (Å²) in [6, 6.07) is 3.58. The molecule has 1 aromatic rings. The van der Waals surface area contributed by atoms with Gasteiger partial charge in [0.05, 0.1) is 18.8 Å². The van der Waals surface area contributed by atoms with Crippen LogP contribution in [0.2, 0.25) is 5.02 Å². The van der Waals surface area contributed by atoms with Crippen LogP contribution in [0.15, 0.2) is 17.9 Å². The third-order valence-electron chi connectivity index (χ3n) is 5.67. The SMILES string of the molecule is Cc1cc(Cl)cc(C)c1C1=C([O-])C2(CCC3(CC2)OCCO3)NC1=O.[Na+]. The molecular weight excluding hydrogens is 365 g/mol. The number of aryl methyl sites for hydroxylation is 2. The van der Waals surface area contributed by atoms with Gasteiger partial charge in [-0.05, 0) is 55.5 Å². The number of rotatable bonds is 1. The minimum atomic E-state index is -0.828. The van der Waals surface area contributed by atoms with Gasteiger partial charge < -0.3 is 19.9 Å². The minimum absolute atomic E-state index is 0. The summed E-state index contributed by atoms with van der Waals surface area (Å²) in [4.78, 5) is 12.7. The Morgan fingerprint density at radius 1 is 1.08 bits per heavy atom. The van der Waals surface area contributed by atoms with Gasteiger partial charge in [-0.1, -0.05) is 17.4 Å². The molecule has 134 valence electrons. The first-order valence-corrected chi connectivity index (χ1v) is 9.03. The molecule has 0 bridgehead atoms. The topological polar surface area (TPSA) is 70.6 Å². The van der Waals surface area contributed by atoms with E-state index in [1.165, 1.54) is 0 Å². The van der Waals surface area contributed by atoms with Crippen LogP contribution in [0.25, 0.3) is 5.57 Å². The van der Waals surface area contributed by atoms with Crippen molar-refractivity contribution in [2.24, 2.45) is 0 Å². The van der Waals surface area contributed by atoms with Crippen LogP contribution in [0.3, 0.4) is 0 Å². The second-order valence-electron chi connectivity index (χ2n) is 7.26. The second kappa shape index (κ2) is 7.12. The van der Waals surface area contributed by atoms with Gasteiger partial charge in [-0.3, -0.25) is 4.79 Å². The molecule has 1 saturated carbocycles. The number of benzene rings is 1. The molecule has 2 spiro atoms. The van der Waals surface area contributed by atoms with Crippen LogP contribution >= 0.6 is 11.6 Å². The van der Waals surface area contributed by atoms with Gasteiger partial charge in [0.25, 0.3) is 5.91 Å². The molecule has 4 rings (SSSR count). The van der Waals surface area contributed by atoms with E-state index in [0.29, 0.717) is 49.5 Å². The van der Waals surface area contributed by atoms with E-state index >= 15 is 0 Å². The van der Waals surface area contributed by atoms with Gasteiger partial charge >= 0.3 is 29.6 Å². The fourth-order valence-corrected chi connectivity index (χ4v) is 4.73. The normalized spacial score (nSPS) is 23.4. The Kier molecular flexibility index (Phi) is 5.52. The van der Waals surface area contributed by atoms with Crippen LogP contribution in [0.5, 0.6) is 0 Å². The van der Waals surface area contributed by atoms with Crippen molar-refractivity contribution in [1.82, 2.24) is 5.32 Å². The number of hydrogen-bond acceptors (Lipinski definition) is 4. The molecule has 5 nitrogen and oxygen atoms in total. The fourth-order valence-electron chi connectivity index (χ4n) is 4.41. The Labute approximate surface area is 180 Å².